The van der Waals surface area contributed by atoms with Gasteiger partial charge in [0.1, 0.15) is 16.3 Å². The molecule has 0 unspecified atom stereocenters. The number of hydrogen-bond acceptors (Lipinski definition) is 3. The number of fused-ring (bicyclic) bond motifs is 1. The number of thiocarbonyl (C=S) groups is 1. The second kappa shape index (κ2) is 5.50. The highest BCUT2D eigenvalue weighted by molar-refractivity contribution is 7.80. The Kier molecular flexibility index (Phi) is 3.54. The van der Waals surface area contributed by atoms with Crippen LogP contribution in [0.25, 0.3) is 10.9 Å². The fourth-order valence-corrected chi connectivity index (χ4v) is 2.49. The first-order valence-electron chi connectivity index (χ1n) is 6.57. The lowest BCUT2D eigenvalue weighted by atomic mass is 10.1. The van der Waals surface area contributed by atoms with E-state index in [9.17, 15) is 0 Å². The van der Waals surface area contributed by atoms with Crippen LogP contribution in [0.15, 0.2) is 54.7 Å². The van der Waals surface area contributed by atoms with Crippen LogP contribution in [0.4, 0.5) is 0 Å². The molecule has 0 saturated carbocycles. The Morgan fingerprint density at radius 1 is 1.14 bits per heavy atom. The quantitative estimate of drug-likeness (QED) is 0.743. The Balaban J connectivity index is 1.99. The summed E-state index contributed by atoms with van der Waals surface area (Å²) in [5.74, 6) is 1.47. The Morgan fingerprint density at radius 3 is 2.71 bits per heavy atom. The van der Waals surface area contributed by atoms with Crippen molar-refractivity contribution in [3.05, 3.63) is 65.9 Å². The van der Waals surface area contributed by atoms with Crippen molar-refractivity contribution in [2.24, 2.45) is 5.73 Å². The topological polar surface area (TPSA) is 48.1 Å². The van der Waals surface area contributed by atoms with Gasteiger partial charge in [0.15, 0.2) is 5.75 Å². The molecule has 4 heteroatoms. The van der Waals surface area contributed by atoms with Gasteiger partial charge in [0, 0.05) is 17.1 Å². The lowest BCUT2D eigenvalue weighted by Crippen LogP contribution is -2.10. The van der Waals surface area contributed by atoms with Crippen molar-refractivity contribution in [2.45, 2.75) is 6.92 Å². The van der Waals surface area contributed by atoms with Crippen LogP contribution in [-0.4, -0.2) is 9.97 Å². The number of nitrogens with two attached hydrogens (primary N) is 1. The molecule has 104 valence electrons. The zero-order valence-electron chi connectivity index (χ0n) is 11.5. The number of ether oxygens (including phenoxy) is 1. The number of aryl methyl sites for hydroxylation is 1. The Labute approximate surface area is 128 Å². The van der Waals surface area contributed by atoms with Crippen LogP contribution < -0.4 is 10.5 Å². The molecule has 3 nitrogen and oxygen atoms in total. The van der Waals surface area contributed by atoms with E-state index in [0.29, 0.717) is 4.99 Å². The third-order valence-electron chi connectivity index (χ3n) is 3.29. The SMILES string of the molecule is Cc1cc(Oc2cccc3cccnc23)ccc1C(N)=S. The van der Waals surface area contributed by atoms with E-state index in [0.717, 1.165) is 33.5 Å². The molecule has 21 heavy (non-hydrogen) atoms. The van der Waals surface area contributed by atoms with Crippen LogP contribution in [0.2, 0.25) is 0 Å². The second-order valence-electron chi connectivity index (χ2n) is 4.77. The molecule has 0 aliphatic carbocycles. The van der Waals surface area contributed by atoms with Crippen LogP contribution in [0, 0.1) is 6.92 Å². The summed E-state index contributed by atoms with van der Waals surface area (Å²) in [5.41, 5.74) is 8.38. The van der Waals surface area contributed by atoms with Crippen LogP contribution in [0.5, 0.6) is 11.5 Å². The highest BCUT2D eigenvalue weighted by Crippen LogP contribution is 2.29. The molecule has 0 amide bonds. The lowest BCUT2D eigenvalue weighted by Gasteiger charge is -2.10. The molecule has 0 fully saturated rings. The molecule has 0 spiro atoms. The molecule has 0 saturated heterocycles. The van der Waals surface area contributed by atoms with E-state index in [4.69, 9.17) is 22.7 Å². The zero-order valence-corrected chi connectivity index (χ0v) is 12.4. The molecule has 0 radical (unpaired) electrons. The maximum absolute atomic E-state index is 5.96. The standard InChI is InChI=1S/C17H14N2OS/c1-11-10-13(7-8-14(11)17(18)21)20-15-6-2-4-12-5-3-9-19-16(12)15/h2-10H,1H3,(H2,18,21). The van der Waals surface area contributed by atoms with E-state index in [1.165, 1.54) is 0 Å². The smallest absolute Gasteiger partial charge is 0.153 e. The molecule has 0 bridgehead atoms. The molecule has 2 N–H and O–H groups in total. The fourth-order valence-electron chi connectivity index (χ4n) is 2.26. The predicted octanol–water partition coefficient (Wildman–Crippen LogP) is 3.97. The lowest BCUT2D eigenvalue weighted by molar-refractivity contribution is 0.487. The summed E-state index contributed by atoms with van der Waals surface area (Å²) in [4.78, 5) is 4.77. The first-order chi connectivity index (χ1) is 10.1. The number of para-hydroxylation sites is 1. The average molecular weight is 294 g/mol. The van der Waals surface area contributed by atoms with Crippen LogP contribution in [-0.2, 0) is 0 Å². The summed E-state index contributed by atoms with van der Waals surface area (Å²) in [5, 5.41) is 1.05. The number of nitrogens with zero attached hydrogens (tertiary/aromatic N) is 1. The van der Waals surface area contributed by atoms with Crippen molar-refractivity contribution in [2.75, 3.05) is 0 Å². The van der Waals surface area contributed by atoms with Gasteiger partial charge >= 0.3 is 0 Å². The van der Waals surface area contributed by atoms with Crippen molar-refractivity contribution >= 4 is 28.1 Å². The van der Waals surface area contributed by atoms with Gasteiger partial charge in [0.2, 0.25) is 0 Å². The maximum Gasteiger partial charge on any atom is 0.153 e. The Bertz CT molecular complexity index is 825. The fraction of sp³-hybridized carbons (Fsp3) is 0.0588. The van der Waals surface area contributed by atoms with Crippen molar-refractivity contribution in [1.82, 2.24) is 4.98 Å². The minimum Gasteiger partial charge on any atom is -0.455 e. The first-order valence-corrected chi connectivity index (χ1v) is 6.98. The van der Waals surface area contributed by atoms with Gasteiger partial charge in [0.05, 0.1) is 0 Å². The van der Waals surface area contributed by atoms with E-state index < -0.39 is 0 Å². The number of pyridine rings is 1. The molecule has 0 aliphatic heterocycles. The van der Waals surface area contributed by atoms with E-state index in [2.05, 4.69) is 4.98 Å². The zero-order chi connectivity index (χ0) is 14.8. The summed E-state index contributed by atoms with van der Waals surface area (Å²) in [7, 11) is 0. The van der Waals surface area contributed by atoms with Crippen molar-refractivity contribution in [3.8, 4) is 11.5 Å². The average Bonchev–Trinajstić information content (AvgIpc) is 2.47. The third-order valence-corrected chi connectivity index (χ3v) is 3.51. The third kappa shape index (κ3) is 2.71. The van der Waals surface area contributed by atoms with Gasteiger partial charge < -0.3 is 10.5 Å². The molecule has 3 aromatic rings. The van der Waals surface area contributed by atoms with Gasteiger partial charge in [-0.2, -0.15) is 0 Å². The molecule has 0 aliphatic rings. The Hall–Kier alpha value is -2.46. The largest absolute Gasteiger partial charge is 0.455 e. The van der Waals surface area contributed by atoms with Crippen molar-refractivity contribution < 1.29 is 4.74 Å². The van der Waals surface area contributed by atoms with Gasteiger partial charge in [-0.25, -0.2) is 0 Å². The number of benzene rings is 2. The molecule has 1 heterocycles. The predicted molar refractivity (Wildman–Crippen MR) is 88.9 cm³/mol. The highest BCUT2D eigenvalue weighted by atomic mass is 32.1. The normalized spacial score (nSPS) is 10.5. The van der Waals surface area contributed by atoms with Crippen LogP contribution in [0.1, 0.15) is 11.1 Å². The number of hydrogen-bond donors (Lipinski definition) is 1. The highest BCUT2D eigenvalue weighted by Gasteiger charge is 2.07. The molecule has 1 aromatic heterocycles. The minimum absolute atomic E-state index is 0.394. The number of aromatic nitrogens is 1. The molecule has 2 aromatic carbocycles. The second-order valence-corrected chi connectivity index (χ2v) is 5.21. The molecular formula is C17H14N2OS. The Morgan fingerprint density at radius 2 is 1.95 bits per heavy atom. The monoisotopic (exact) mass is 294 g/mol. The molecular weight excluding hydrogens is 280 g/mol. The van der Waals surface area contributed by atoms with Crippen LogP contribution in [0.3, 0.4) is 0 Å². The summed E-state index contributed by atoms with van der Waals surface area (Å²) < 4.78 is 5.96. The van der Waals surface area contributed by atoms with Crippen molar-refractivity contribution in [3.63, 3.8) is 0 Å². The van der Waals surface area contributed by atoms with Crippen molar-refractivity contribution in [1.29, 1.82) is 0 Å². The number of rotatable bonds is 3. The maximum atomic E-state index is 5.96. The summed E-state index contributed by atoms with van der Waals surface area (Å²) in [6.45, 7) is 1.96. The van der Waals surface area contributed by atoms with Crippen LogP contribution >= 0.6 is 12.2 Å². The van der Waals surface area contributed by atoms with Gasteiger partial charge in [-0.1, -0.05) is 30.4 Å². The summed E-state index contributed by atoms with van der Waals surface area (Å²) in [6, 6.07) is 15.5. The van der Waals surface area contributed by atoms with Gasteiger partial charge in [-0.3, -0.25) is 4.98 Å². The van der Waals surface area contributed by atoms with E-state index in [-0.39, 0.29) is 0 Å². The summed E-state index contributed by atoms with van der Waals surface area (Å²) >= 11 is 5.01. The van der Waals surface area contributed by atoms with E-state index in [1.54, 1.807) is 6.20 Å². The van der Waals surface area contributed by atoms with Gasteiger partial charge in [-0.15, -0.1) is 0 Å². The van der Waals surface area contributed by atoms with Gasteiger partial charge in [-0.05, 0) is 42.8 Å². The van der Waals surface area contributed by atoms with Gasteiger partial charge in [0.25, 0.3) is 0 Å². The molecule has 0 atom stereocenters. The molecule has 3 rings (SSSR count). The van der Waals surface area contributed by atoms with E-state index in [1.807, 2.05) is 55.5 Å². The minimum atomic E-state index is 0.394. The summed E-state index contributed by atoms with van der Waals surface area (Å²) in [6.07, 6.45) is 1.76. The first kappa shape index (κ1) is 13.5. The van der Waals surface area contributed by atoms with E-state index >= 15 is 0 Å².